The van der Waals surface area contributed by atoms with E-state index >= 15 is 0 Å². The van der Waals surface area contributed by atoms with Crippen LogP contribution in [0.1, 0.15) is 20.3 Å². The molecule has 1 saturated heterocycles. The van der Waals surface area contributed by atoms with Crippen LogP contribution in [0, 0.1) is 17.8 Å². The molecule has 1 aromatic rings. The second-order valence-corrected chi connectivity index (χ2v) is 5.95. The Bertz CT molecular complexity index is 621. The lowest BCUT2D eigenvalue weighted by Gasteiger charge is -2.25. The summed E-state index contributed by atoms with van der Waals surface area (Å²) >= 11 is 0. The molecule has 0 unspecified atom stereocenters. The molecule has 2 heterocycles. The Kier molecular flexibility index (Phi) is 2.96. The molecular weight excluding hydrogens is 252 g/mol. The van der Waals surface area contributed by atoms with Crippen LogP contribution in [-0.2, 0) is 16.6 Å². The van der Waals surface area contributed by atoms with Crippen LogP contribution in [0.25, 0.3) is 0 Å². The molecule has 2 amide bonds. The molecular formula is C16H19N2O2+. The molecule has 3 rings (SSSR count). The first-order valence-electron chi connectivity index (χ1n) is 6.99. The number of hydrogen-bond acceptors (Lipinski definition) is 2. The number of fused-ring (bicyclic) bond motifs is 1. The van der Waals surface area contributed by atoms with Crippen LogP contribution in [-0.4, -0.2) is 11.8 Å². The fraction of sp³-hybridized carbons (Fsp3) is 0.438. The number of carbonyl (C=O) groups is 2. The van der Waals surface area contributed by atoms with Crippen LogP contribution in [0.5, 0.6) is 0 Å². The standard InChI is InChI=1S/C16H19N2O2/c1-10-7-11(2)14-13(8-10)15(19)18(16(14)20)12-5-4-6-17(3)9-12/h4-7,9,11,13-14H,8H2,1-3H3/q+1/t11-,13+,14-/m1/s1. The highest BCUT2D eigenvalue weighted by molar-refractivity contribution is 6.22. The topological polar surface area (TPSA) is 41.3 Å². The van der Waals surface area contributed by atoms with E-state index in [0.717, 1.165) is 0 Å². The Labute approximate surface area is 118 Å². The molecule has 1 fully saturated rings. The maximum Gasteiger partial charge on any atom is 0.238 e. The van der Waals surface area contributed by atoms with Crippen molar-refractivity contribution in [2.45, 2.75) is 20.3 Å². The number of pyridine rings is 1. The van der Waals surface area contributed by atoms with E-state index in [9.17, 15) is 9.59 Å². The van der Waals surface area contributed by atoms with E-state index in [4.69, 9.17) is 0 Å². The Balaban J connectivity index is 2.01. The van der Waals surface area contributed by atoms with Gasteiger partial charge in [-0.1, -0.05) is 18.6 Å². The van der Waals surface area contributed by atoms with Crippen molar-refractivity contribution in [1.29, 1.82) is 0 Å². The second kappa shape index (κ2) is 4.54. The highest BCUT2D eigenvalue weighted by Crippen LogP contribution is 2.42. The first kappa shape index (κ1) is 13.0. The summed E-state index contributed by atoms with van der Waals surface area (Å²) in [5.74, 6) is -0.356. The number of aryl methyl sites for hydroxylation is 1. The predicted octanol–water partition coefficient (Wildman–Crippen LogP) is 1.60. The number of rotatable bonds is 1. The van der Waals surface area contributed by atoms with Gasteiger partial charge >= 0.3 is 0 Å². The van der Waals surface area contributed by atoms with E-state index < -0.39 is 0 Å². The van der Waals surface area contributed by atoms with Gasteiger partial charge in [-0.15, -0.1) is 0 Å². The second-order valence-electron chi connectivity index (χ2n) is 5.95. The van der Waals surface area contributed by atoms with Gasteiger partial charge in [0.2, 0.25) is 11.8 Å². The minimum atomic E-state index is -0.197. The van der Waals surface area contributed by atoms with Crippen LogP contribution < -0.4 is 9.47 Å². The summed E-state index contributed by atoms with van der Waals surface area (Å²) in [6.45, 7) is 4.07. The zero-order valence-electron chi connectivity index (χ0n) is 12.0. The quantitative estimate of drug-likeness (QED) is 0.442. The van der Waals surface area contributed by atoms with Gasteiger partial charge in [-0.05, 0) is 25.3 Å². The minimum Gasteiger partial charge on any atom is -0.274 e. The predicted molar refractivity (Wildman–Crippen MR) is 74.6 cm³/mol. The van der Waals surface area contributed by atoms with Gasteiger partial charge in [0.1, 0.15) is 12.7 Å². The van der Waals surface area contributed by atoms with Crippen LogP contribution in [0.15, 0.2) is 36.2 Å². The number of imide groups is 1. The molecule has 104 valence electrons. The molecule has 1 aliphatic heterocycles. The van der Waals surface area contributed by atoms with Gasteiger partial charge in [0, 0.05) is 6.07 Å². The molecule has 0 aromatic carbocycles. The lowest BCUT2D eigenvalue weighted by Crippen LogP contribution is -2.35. The van der Waals surface area contributed by atoms with E-state index in [-0.39, 0.29) is 29.6 Å². The lowest BCUT2D eigenvalue weighted by atomic mass is 9.76. The van der Waals surface area contributed by atoms with Crippen molar-refractivity contribution in [1.82, 2.24) is 0 Å². The van der Waals surface area contributed by atoms with Crippen molar-refractivity contribution in [3.05, 3.63) is 36.2 Å². The first-order chi connectivity index (χ1) is 9.49. The highest BCUT2D eigenvalue weighted by atomic mass is 16.2. The SMILES string of the molecule is CC1=C[C@@H](C)[C@H]2C(=O)N(c3ccc[n+](C)c3)C(=O)[C@H]2C1. The molecule has 0 bridgehead atoms. The van der Waals surface area contributed by atoms with Crippen molar-refractivity contribution < 1.29 is 14.2 Å². The summed E-state index contributed by atoms with van der Waals surface area (Å²) in [6, 6.07) is 3.67. The van der Waals surface area contributed by atoms with Gasteiger partial charge < -0.3 is 0 Å². The molecule has 0 radical (unpaired) electrons. The molecule has 1 aliphatic carbocycles. The van der Waals surface area contributed by atoms with Crippen molar-refractivity contribution in [2.24, 2.45) is 24.8 Å². The number of carbonyl (C=O) groups excluding carboxylic acids is 2. The van der Waals surface area contributed by atoms with Crippen molar-refractivity contribution in [3.8, 4) is 0 Å². The van der Waals surface area contributed by atoms with Crippen LogP contribution in [0.4, 0.5) is 5.69 Å². The van der Waals surface area contributed by atoms with Crippen molar-refractivity contribution in [2.75, 3.05) is 4.90 Å². The fourth-order valence-electron chi connectivity index (χ4n) is 3.48. The number of nitrogens with zero attached hydrogens (tertiary/aromatic N) is 2. The summed E-state index contributed by atoms with van der Waals surface area (Å²) in [4.78, 5) is 26.6. The highest BCUT2D eigenvalue weighted by Gasteiger charge is 2.51. The monoisotopic (exact) mass is 271 g/mol. The summed E-state index contributed by atoms with van der Waals surface area (Å²) < 4.78 is 1.85. The summed E-state index contributed by atoms with van der Waals surface area (Å²) in [7, 11) is 1.88. The van der Waals surface area contributed by atoms with Crippen LogP contribution in [0.2, 0.25) is 0 Å². The van der Waals surface area contributed by atoms with Crippen LogP contribution >= 0.6 is 0 Å². The Morgan fingerprint density at radius 2 is 2.05 bits per heavy atom. The average molecular weight is 271 g/mol. The third kappa shape index (κ3) is 1.87. The van der Waals surface area contributed by atoms with Gasteiger partial charge in [0.05, 0.1) is 11.8 Å². The van der Waals surface area contributed by atoms with Gasteiger partial charge in [-0.25, -0.2) is 9.47 Å². The Morgan fingerprint density at radius 3 is 2.75 bits per heavy atom. The maximum atomic E-state index is 12.6. The number of amides is 2. The van der Waals surface area contributed by atoms with E-state index in [2.05, 4.69) is 6.08 Å². The first-order valence-corrected chi connectivity index (χ1v) is 6.99. The molecule has 0 spiro atoms. The average Bonchev–Trinajstić information content (AvgIpc) is 2.61. The van der Waals surface area contributed by atoms with Gasteiger partial charge in [-0.2, -0.15) is 0 Å². The van der Waals surface area contributed by atoms with Crippen molar-refractivity contribution >= 4 is 17.5 Å². The molecule has 0 N–H and O–H groups in total. The fourth-order valence-corrected chi connectivity index (χ4v) is 3.48. The lowest BCUT2D eigenvalue weighted by molar-refractivity contribution is -0.670. The molecule has 4 nitrogen and oxygen atoms in total. The molecule has 20 heavy (non-hydrogen) atoms. The Hall–Kier alpha value is -1.97. The maximum absolute atomic E-state index is 12.6. The normalized spacial score (nSPS) is 29.4. The smallest absolute Gasteiger partial charge is 0.238 e. The van der Waals surface area contributed by atoms with E-state index in [1.165, 1.54) is 10.5 Å². The zero-order chi connectivity index (χ0) is 14.4. The molecule has 0 saturated carbocycles. The molecule has 4 heteroatoms. The zero-order valence-corrected chi connectivity index (χ0v) is 12.0. The van der Waals surface area contributed by atoms with E-state index in [1.807, 2.05) is 50.0 Å². The van der Waals surface area contributed by atoms with Crippen molar-refractivity contribution in [3.63, 3.8) is 0 Å². The third-order valence-corrected chi connectivity index (χ3v) is 4.31. The number of hydrogen-bond donors (Lipinski definition) is 0. The summed E-state index contributed by atoms with van der Waals surface area (Å²) in [5, 5.41) is 0. The minimum absolute atomic E-state index is 0.0505. The van der Waals surface area contributed by atoms with Gasteiger partial charge in [0.25, 0.3) is 0 Å². The Morgan fingerprint density at radius 1 is 1.30 bits per heavy atom. The summed E-state index contributed by atoms with van der Waals surface area (Å²) in [6.07, 6.45) is 6.53. The largest absolute Gasteiger partial charge is 0.274 e. The number of allylic oxidation sites excluding steroid dienone is 2. The molecule has 1 aromatic heterocycles. The van der Waals surface area contributed by atoms with E-state index in [0.29, 0.717) is 12.1 Å². The molecule has 2 aliphatic rings. The van der Waals surface area contributed by atoms with Gasteiger partial charge in [0.15, 0.2) is 12.4 Å². The number of aromatic nitrogens is 1. The van der Waals surface area contributed by atoms with E-state index in [1.54, 1.807) is 0 Å². The van der Waals surface area contributed by atoms with Crippen LogP contribution in [0.3, 0.4) is 0 Å². The van der Waals surface area contributed by atoms with Gasteiger partial charge in [-0.3, -0.25) is 9.59 Å². The number of anilines is 1. The third-order valence-electron chi connectivity index (χ3n) is 4.31. The molecule has 3 atom stereocenters. The summed E-state index contributed by atoms with van der Waals surface area (Å²) in [5.41, 5.74) is 1.88.